The Morgan fingerprint density at radius 1 is 1.50 bits per heavy atom. The molecule has 0 amide bonds. The van der Waals surface area contributed by atoms with Gasteiger partial charge in [0, 0.05) is 17.8 Å². The fraction of sp³-hybridized carbons (Fsp3) is 0.667. The van der Waals surface area contributed by atoms with Crippen molar-refractivity contribution in [3.05, 3.63) is 12.0 Å². The third-order valence-electron chi connectivity index (χ3n) is 3.01. The van der Waals surface area contributed by atoms with Crippen molar-refractivity contribution in [2.75, 3.05) is 29.5 Å². The monoisotopic (exact) mass is 270 g/mol. The number of hydrogen-bond donors (Lipinski definition) is 2. The zero-order valence-electron chi connectivity index (χ0n) is 10.8. The highest BCUT2D eigenvalue weighted by Gasteiger charge is 2.29. The standard InChI is InChI=1S/C12H19FN4S/c1-3-14-11-15-7-9(13)10(17-11)16-8-12(2)5-4-6-18-12/h7H,3-6,8H2,1-2H3,(H2,14,15,16,17). The number of nitrogens with one attached hydrogen (secondary N) is 2. The van der Waals surface area contributed by atoms with Crippen LogP contribution in [0.15, 0.2) is 6.20 Å². The van der Waals surface area contributed by atoms with Crippen LogP contribution in [0.4, 0.5) is 16.2 Å². The lowest BCUT2D eigenvalue weighted by molar-refractivity contribution is 0.604. The van der Waals surface area contributed by atoms with Gasteiger partial charge in [-0.15, -0.1) is 0 Å². The Bertz CT molecular complexity index is 407. The molecule has 18 heavy (non-hydrogen) atoms. The molecule has 1 atom stereocenters. The number of aromatic nitrogens is 2. The molecule has 100 valence electrons. The Hall–Kier alpha value is -1.04. The van der Waals surface area contributed by atoms with E-state index in [1.54, 1.807) is 0 Å². The van der Waals surface area contributed by atoms with E-state index in [0.29, 0.717) is 5.95 Å². The van der Waals surface area contributed by atoms with Crippen molar-refractivity contribution in [2.45, 2.75) is 31.4 Å². The number of rotatable bonds is 5. The second-order valence-electron chi connectivity index (χ2n) is 4.68. The Labute approximate surface area is 111 Å². The summed E-state index contributed by atoms with van der Waals surface area (Å²) >= 11 is 1.94. The summed E-state index contributed by atoms with van der Waals surface area (Å²) in [5.41, 5.74) is 0. The number of hydrogen-bond acceptors (Lipinski definition) is 5. The van der Waals surface area contributed by atoms with E-state index in [2.05, 4.69) is 27.5 Å². The first-order chi connectivity index (χ1) is 8.63. The molecule has 1 saturated heterocycles. The Morgan fingerprint density at radius 3 is 3.00 bits per heavy atom. The maximum Gasteiger partial charge on any atom is 0.224 e. The highest BCUT2D eigenvalue weighted by atomic mass is 32.2. The van der Waals surface area contributed by atoms with Gasteiger partial charge in [0.1, 0.15) is 0 Å². The van der Waals surface area contributed by atoms with Crippen LogP contribution in [-0.2, 0) is 0 Å². The van der Waals surface area contributed by atoms with Gasteiger partial charge >= 0.3 is 0 Å². The van der Waals surface area contributed by atoms with Crippen molar-refractivity contribution < 1.29 is 4.39 Å². The van der Waals surface area contributed by atoms with Gasteiger partial charge in [-0.25, -0.2) is 9.37 Å². The van der Waals surface area contributed by atoms with Gasteiger partial charge in [0.25, 0.3) is 0 Å². The zero-order chi connectivity index (χ0) is 13.0. The van der Waals surface area contributed by atoms with E-state index in [0.717, 1.165) is 19.5 Å². The van der Waals surface area contributed by atoms with Crippen molar-refractivity contribution in [1.29, 1.82) is 0 Å². The summed E-state index contributed by atoms with van der Waals surface area (Å²) in [6, 6.07) is 0. The maximum absolute atomic E-state index is 13.6. The van der Waals surface area contributed by atoms with Gasteiger partial charge in [0.15, 0.2) is 11.6 Å². The molecule has 0 radical (unpaired) electrons. The molecule has 2 rings (SSSR count). The van der Waals surface area contributed by atoms with Gasteiger partial charge in [-0.2, -0.15) is 16.7 Å². The fourth-order valence-corrected chi connectivity index (χ4v) is 3.23. The van der Waals surface area contributed by atoms with Crippen molar-refractivity contribution in [3.63, 3.8) is 0 Å². The van der Waals surface area contributed by atoms with Crippen LogP contribution in [0.5, 0.6) is 0 Å². The molecule has 2 heterocycles. The van der Waals surface area contributed by atoms with E-state index in [4.69, 9.17) is 0 Å². The lowest BCUT2D eigenvalue weighted by atomic mass is 10.1. The normalized spacial score (nSPS) is 23.1. The fourth-order valence-electron chi connectivity index (χ4n) is 1.98. The Morgan fingerprint density at radius 2 is 2.33 bits per heavy atom. The molecule has 0 spiro atoms. The van der Waals surface area contributed by atoms with Gasteiger partial charge in [0.2, 0.25) is 5.95 Å². The summed E-state index contributed by atoms with van der Waals surface area (Å²) in [5, 5.41) is 6.09. The third kappa shape index (κ3) is 3.25. The van der Waals surface area contributed by atoms with Gasteiger partial charge in [-0.05, 0) is 32.4 Å². The molecule has 0 aromatic carbocycles. The van der Waals surface area contributed by atoms with Crippen molar-refractivity contribution >= 4 is 23.5 Å². The van der Waals surface area contributed by atoms with E-state index >= 15 is 0 Å². The minimum Gasteiger partial charge on any atom is -0.366 e. The van der Waals surface area contributed by atoms with Crippen LogP contribution in [0.3, 0.4) is 0 Å². The topological polar surface area (TPSA) is 49.8 Å². The molecule has 6 heteroatoms. The minimum absolute atomic E-state index is 0.190. The summed E-state index contributed by atoms with van der Waals surface area (Å²) in [6.45, 7) is 5.62. The van der Waals surface area contributed by atoms with E-state index in [-0.39, 0.29) is 10.6 Å². The molecule has 1 aromatic heterocycles. The molecular weight excluding hydrogens is 251 g/mol. The molecule has 1 aliphatic heterocycles. The first-order valence-electron chi connectivity index (χ1n) is 6.27. The van der Waals surface area contributed by atoms with E-state index < -0.39 is 5.82 Å². The van der Waals surface area contributed by atoms with Gasteiger partial charge in [-0.1, -0.05) is 0 Å². The van der Waals surface area contributed by atoms with E-state index in [9.17, 15) is 4.39 Å². The molecule has 1 aromatic rings. The SMILES string of the molecule is CCNc1ncc(F)c(NCC2(C)CCCS2)n1. The second-order valence-corrected chi connectivity index (χ2v) is 6.36. The summed E-state index contributed by atoms with van der Waals surface area (Å²) in [6.07, 6.45) is 3.60. The van der Waals surface area contributed by atoms with Crippen LogP contribution < -0.4 is 10.6 Å². The molecule has 2 N–H and O–H groups in total. The number of anilines is 2. The van der Waals surface area contributed by atoms with E-state index in [1.165, 1.54) is 18.4 Å². The molecule has 1 fully saturated rings. The number of halogens is 1. The third-order valence-corrected chi connectivity index (χ3v) is 4.55. The average Bonchev–Trinajstić information content (AvgIpc) is 2.78. The molecule has 1 aliphatic rings. The van der Waals surface area contributed by atoms with Crippen LogP contribution in [-0.4, -0.2) is 33.6 Å². The van der Waals surface area contributed by atoms with Gasteiger partial charge < -0.3 is 10.6 Å². The summed E-state index contributed by atoms with van der Waals surface area (Å²) < 4.78 is 13.8. The lowest BCUT2D eigenvalue weighted by Crippen LogP contribution is -2.27. The quantitative estimate of drug-likeness (QED) is 0.861. The molecule has 0 saturated carbocycles. The smallest absolute Gasteiger partial charge is 0.224 e. The number of thioether (sulfide) groups is 1. The predicted molar refractivity (Wildman–Crippen MR) is 74.7 cm³/mol. The Kier molecular flexibility index (Phi) is 4.27. The highest BCUT2D eigenvalue weighted by molar-refractivity contribution is 8.00. The summed E-state index contributed by atoms with van der Waals surface area (Å²) in [4.78, 5) is 8.02. The minimum atomic E-state index is -0.400. The molecule has 1 unspecified atom stereocenters. The molecule has 0 aliphatic carbocycles. The van der Waals surface area contributed by atoms with Gasteiger partial charge in [-0.3, -0.25) is 0 Å². The van der Waals surface area contributed by atoms with Crippen molar-refractivity contribution in [3.8, 4) is 0 Å². The zero-order valence-corrected chi connectivity index (χ0v) is 11.6. The molecule has 4 nitrogen and oxygen atoms in total. The maximum atomic E-state index is 13.6. The van der Waals surface area contributed by atoms with Crippen LogP contribution in [0.1, 0.15) is 26.7 Å². The lowest BCUT2D eigenvalue weighted by Gasteiger charge is -2.23. The largest absolute Gasteiger partial charge is 0.366 e. The first kappa shape index (κ1) is 13.4. The average molecular weight is 270 g/mol. The van der Waals surface area contributed by atoms with Crippen LogP contribution in [0.25, 0.3) is 0 Å². The second kappa shape index (κ2) is 5.73. The first-order valence-corrected chi connectivity index (χ1v) is 7.26. The van der Waals surface area contributed by atoms with Crippen LogP contribution in [0.2, 0.25) is 0 Å². The van der Waals surface area contributed by atoms with Crippen LogP contribution >= 0.6 is 11.8 Å². The Balaban J connectivity index is 2.01. The van der Waals surface area contributed by atoms with E-state index in [1.807, 2.05) is 18.7 Å². The predicted octanol–water partition coefficient (Wildman–Crippen LogP) is 2.75. The van der Waals surface area contributed by atoms with Gasteiger partial charge in [0.05, 0.1) is 6.20 Å². The summed E-state index contributed by atoms with van der Waals surface area (Å²) in [7, 11) is 0. The highest BCUT2D eigenvalue weighted by Crippen LogP contribution is 2.37. The summed E-state index contributed by atoms with van der Waals surface area (Å²) in [5.74, 6) is 1.54. The number of nitrogens with zero attached hydrogens (tertiary/aromatic N) is 2. The van der Waals surface area contributed by atoms with Crippen molar-refractivity contribution in [2.24, 2.45) is 0 Å². The molecular formula is C12H19FN4S. The van der Waals surface area contributed by atoms with Crippen LogP contribution in [0, 0.1) is 5.82 Å². The molecule has 0 bridgehead atoms. The van der Waals surface area contributed by atoms with Crippen molar-refractivity contribution in [1.82, 2.24) is 9.97 Å².